The van der Waals surface area contributed by atoms with Crippen molar-refractivity contribution in [3.63, 3.8) is 0 Å². The molecular formula is C24H30ClN3O4. The number of fused-ring (bicyclic) bond motifs is 1. The van der Waals surface area contributed by atoms with E-state index in [0.717, 1.165) is 12.0 Å². The van der Waals surface area contributed by atoms with E-state index in [9.17, 15) is 19.2 Å². The highest BCUT2D eigenvalue weighted by molar-refractivity contribution is 6.31. The molecule has 0 bridgehead atoms. The maximum absolute atomic E-state index is 13.2. The highest BCUT2D eigenvalue weighted by Gasteiger charge is 2.47. The third-order valence-electron chi connectivity index (χ3n) is 6.16. The number of nitrogens with zero attached hydrogens (tertiary/aromatic N) is 2. The van der Waals surface area contributed by atoms with Gasteiger partial charge >= 0.3 is 0 Å². The van der Waals surface area contributed by atoms with Crippen LogP contribution in [-0.2, 0) is 25.7 Å². The van der Waals surface area contributed by atoms with E-state index in [-0.39, 0.29) is 55.0 Å². The second-order valence-electron chi connectivity index (χ2n) is 8.31. The van der Waals surface area contributed by atoms with Crippen LogP contribution >= 0.6 is 11.6 Å². The number of carbonyl (C=O) groups excluding carboxylic acids is 4. The molecule has 1 unspecified atom stereocenters. The number of carbonyl (C=O) groups is 4. The Labute approximate surface area is 193 Å². The van der Waals surface area contributed by atoms with E-state index in [2.05, 4.69) is 5.32 Å². The van der Waals surface area contributed by atoms with Crippen molar-refractivity contribution in [3.05, 3.63) is 47.0 Å². The summed E-state index contributed by atoms with van der Waals surface area (Å²) in [5, 5.41) is 3.33. The second-order valence-corrected chi connectivity index (χ2v) is 8.72. The van der Waals surface area contributed by atoms with Crippen molar-refractivity contribution >= 4 is 35.2 Å². The van der Waals surface area contributed by atoms with Gasteiger partial charge in [-0.15, -0.1) is 0 Å². The van der Waals surface area contributed by atoms with E-state index in [1.165, 1.54) is 9.80 Å². The van der Waals surface area contributed by atoms with Crippen molar-refractivity contribution in [3.8, 4) is 0 Å². The summed E-state index contributed by atoms with van der Waals surface area (Å²) in [4.78, 5) is 53.9. The fourth-order valence-corrected chi connectivity index (χ4v) is 4.42. The van der Waals surface area contributed by atoms with Crippen molar-refractivity contribution in [1.29, 1.82) is 0 Å². The number of halogens is 1. The third kappa shape index (κ3) is 5.21. The first kappa shape index (κ1) is 24.0. The molecule has 0 aromatic heterocycles. The molecule has 7 nitrogen and oxygen atoms in total. The van der Waals surface area contributed by atoms with Crippen molar-refractivity contribution in [2.75, 3.05) is 13.1 Å². The highest BCUT2D eigenvalue weighted by Crippen LogP contribution is 2.35. The van der Waals surface area contributed by atoms with Crippen LogP contribution in [-0.4, -0.2) is 52.6 Å². The topological polar surface area (TPSA) is 86.8 Å². The molecule has 172 valence electrons. The number of rotatable bonds is 9. The molecule has 2 aliphatic rings. The molecule has 3 rings (SSSR count). The lowest BCUT2D eigenvalue weighted by molar-refractivity contribution is -0.143. The summed E-state index contributed by atoms with van der Waals surface area (Å²) < 4.78 is 0. The van der Waals surface area contributed by atoms with Gasteiger partial charge in [-0.3, -0.25) is 24.1 Å². The minimum atomic E-state index is -0.720. The predicted octanol–water partition coefficient (Wildman–Crippen LogP) is 2.92. The van der Waals surface area contributed by atoms with Crippen LogP contribution in [0.25, 0.3) is 0 Å². The molecule has 0 radical (unpaired) electrons. The molecule has 0 spiro atoms. The average molecular weight is 460 g/mol. The van der Waals surface area contributed by atoms with Crippen molar-refractivity contribution in [1.82, 2.24) is 15.1 Å². The van der Waals surface area contributed by atoms with Crippen LogP contribution in [0.4, 0.5) is 0 Å². The molecule has 8 heteroatoms. The quantitative estimate of drug-likeness (QED) is 0.454. The number of nitrogens with one attached hydrogen (secondary N) is 1. The lowest BCUT2D eigenvalue weighted by atomic mass is 9.85. The summed E-state index contributed by atoms with van der Waals surface area (Å²) in [5.41, 5.74) is 0.725. The molecule has 32 heavy (non-hydrogen) atoms. The maximum atomic E-state index is 13.2. The number of benzene rings is 1. The van der Waals surface area contributed by atoms with E-state index in [1.807, 2.05) is 31.2 Å². The average Bonchev–Trinajstić information content (AvgIpc) is 3.04. The molecule has 1 saturated heterocycles. The molecule has 4 amide bonds. The maximum Gasteiger partial charge on any atom is 0.242 e. The molecule has 1 aliphatic heterocycles. The normalized spacial score (nSPS) is 20.8. The van der Waals surface area contributed by atoms with Gasteiger partial charge < -0.3 is 10.2 Å². The Morgan fingerprint density at radius 2 is 1.78 bits per heavy atom. The summed E-state index contributed by atoms with van der Waals surface area (Å²) in [6.45, 7) is 4.33. The smallest absolute Gasteiger partial charge is 0.242 e. The fraction of sp³-hybridized carbons (Fsp3) is 0.500. The molecule has 1 fully saturated rings. The molecule has 1 N–H and O–H groups in total. The van der Waals surface area contributed by atoms with Crippen LogP contribution in [0.2, 0.25) is 5.02 Å². The van der Waals surface area contributed by atoms with Crippen LogP contribution in [0, 0.1) is 11.8 Å². The van der Waals surface area contributed by atoms with Crippen LogP contribution in [0.5, 0.6) is 0 Å². The summed E-state index contributed by atoms with van der Waals surface area (Å²) in [5.74, 6) is -1.61. The molecule has 1 aromatic rings. The fourth-order valence-electron chi connectivity index (χ4n) is 4.23. The van der Waals surface area contributed by atoms with Crippen molar-refractivity contribution in [2.24, 2.45) is 11.8 Å². The Morgan fingerprint density at radius 1 is 1.16 bits per heavy atom. The lowest BCUT2D eigenvalue weighted by Crippen LogP contribution is -2.48. The lowest BCUT2D eigenvalue weighted by Gasteiger charge is -2.29. The van der Waals surface area contributed by atoms with Gasteiger partial charge in [-0.1, -0.05) is 48.9 Å². The molecule has 1 aromatic carbocycles. The monoisotopic (exact) mass is 459 g/mol. The first-order chi connectivity index (χ1) is 15.3. The Morgan fingerprint density at radius 3 is 2.38 bits per heavy atom. The summed E-state index contributed by atoms with van der Waals surface area (Å²) in [6.07, 6.45) is 5.74. The zero-order chi connectivity index (χ0) is 23.3. The Kier molecular flexibility index (Phi) is 8.07. The Hall–Kier alpha value is -2.67. The van der Waals surface area contributed by atoms with Gasteiger partial charge in [-0.05, 0) is 37.8 Å². The van der Waals surface area contributed by atoms with Crippen molar-refractivity contribution in [2.45, 2.75) is 52.1 Å². The highest BCUT2D eigenvalue weighted by atomic mass is 35.5. The molecular weight excluding hydrogens is 430 g/mol. The van der Waals surface area contributed by atoms with Gasteiger partial charge in [0.15, 0.2) is 0 Å². The van der Waals surface area contributed by atoms with E-state index in [4.69, 9.17) is 11.6 Å². The first-order valence-electron chi connectivity index (χ1n) is 11.2. The van der Waals surface area contributed by atoms with Crippen LogP contribution in [0.1, 0.15) is 45.1 Å². The van der Waals surface area contributed by atoms with E-state index < -0.39 is 6.04 Å². The van der Waals surface area contributed by atoms with E-state index in [0.29, 0.717) is 24.4 Å². The first-order valence-corrected chi connectivity index (χ1v) is 11.5. The number of likely N-dealkylation sites (tertiary alicyclic amines) is 1. The summed E-state index contributed by atoms with van der Waals surface area (Å²) in [6, 6.07) is 6.45. The zero-order valence-corrected chi connectivity index (χ0v) is 19.3. The summed E-state index contributed by atoms with van der Waals surface area (Å²) in [7, 11) is 0. The van der Waals surface area contributed by atoms with E-state index >= 15 is 0 Å². The second kappa shape index (κ2) is 10.8. The molecule has 1 aliphatic carbocycles. The van der Waals surface area contributed by atoms with Gasteiger partial charge in [0.25, 0.3) is 0 Å². The standard InChI is InChI=1S/C24H30ClN3O4/c1-3-13-26-22(30)16(2)28(15-17-8-4-7-11-20(17)25)21(29)12-14-27-23(31)18-9-5-6-10-19(18)24(27)32/h4-8,11,16,18-19H,3,9-10,12-15H2,1-2H3,(H,26,30)/t16?,18-,19+. The molecule has 0 saturated carbocycles. The van der Waals surface area contributed by atoms with Crippen LogP contribution < -0.4 is 5.32 Å². The van der Waals surface area contributed by atoms with Gasteiger partial charge in [0.05, 0.1) is 11.8 Å². The minimum absolute atomic E-state index is 0.0197. The number of allylic oxidation sites excluding steroid dienone is 2. The predicted molar refractivity (Wildman–Crippen MR) is 121 cm³/mol. The molecule has 1 heterocycles. The third-order valence-corrected chi connectivity index (χ3v) is 6.53. The van der Waals surface area contributed by atoms with Gasteiger partial charge in [-0.25, -0.2) is 0 Å². The number of imide groups is 1. The van der Waals surface area contributed by atoms with Crippen LogP contribution in [0.3, 0.4) is 0 Å². The van der Waals surface area contributed by atoms with Crippen molar-refractivity contribution < 1.29 is 19.2 Å². The Bertz CT molecular complexity index is 890. The van der Waals surface area contributed by atoms with Crippen LogP contribution in [0.15, 0.2) is 36.4 Å². The number of hydrogen-bond acceptors (Lipinski definition) is 4. The van der Waals surface area contributed by atoms with Gasteiger partial charge in [0, 0.05) is 31.1 Å². The Balaban J connectivity index is 1.71. The largest absolute Gasteiger partial charge is 0.354 e. The SMILES string of the molecule is CCCNC(=O)C(C)N(Cc1ccccc1Cl)C(=O)CCN1C(=O)[C@H]2CC=CC[C@H]2C1=O. The summed E-state index contributed by atoms with van der Waals surface area (Å²) >= 11 is 6.29. The van der Waals surface area contributed by atoms with Gasteiger partial charge in [0.1, 0.15) is 6.04 Å². The molecule has 3 atom stereocenters. The number of amides is 4. The zero-order valence-electron chi connectivity index (χ0n) is 18.6. The van der Waals surface area contributed by atoms with Gasteiger partial charge in [0.2, 0.25) is 23.6 Å². The van der Waals surface area contributed by atoms with E-state index in [1.54, 1.807) is 19.1 Å². The van der Waals surface area contributed by atoms with Gasteiger partial charge in [-0.2, -0.15) is 0 Å². The number of hydrogen-bond donors (Lipinski definition) is 1. The minimum Gasteiger partial charge on any atom is -0.354 e.